The van der Waals surface area contributed by atoms with Crippen molar-refractivity contribution in [1.82, 2.24) is 9.80 Å². The van der Waals surface area contributed by atoms with Crippen LogP contribution in [0.1, 0.15) is 39.0 Å². The second-order valence-electron chi connectivity index (χ2n) is 5.88. The number of amides is 2. The number of piperidine rings is 1. The molecule has 2 rings (SSSR count). The van der Waals surface area contributed by atoms with Crippen molar-refractivity contribution >= 4 is 11.8 Å². The largest absolute Gasteiger partial charge is 0.392 e. The quantitative estimate of drug-likeness (QED) is 0.741. The van der Waals surface area contributed by atoms with E-state index < -0.39 is 18.1 Å². The van der Waals surface area contributed by atoms with Crippen LogP contribution in [0.3, 0.4) is 0 Å². The van der Waals surface area contributed by atoms with E-state index in [0.717, 1.165) is 25.8 Å². The molecule has 2 aliphatic heterocycles. The van der Waals surface area contributed by atoms with Gasteiger partial charge in [-0.25, -0.2) is 0 Å². The molecule has 0 saturated carbocycles. The van der Waals surface area contributed by atoms with Crippen LogP contribution >= 0.6 is 0 Å². The highest BCUT2D eigenvalue weighted by Gasteiger charge is 2.37. The SMILES string of the molecule is CC[C@@H]1CCCCN1C(=O)CN1C[C@@H](O)C[C@H]1C(N)=O. The molecule has 0 aromatic carbocycles. The van der Waals surface area contributed by atoms with Crippen molar-refractivity contribution in [2.75, 3.05) is 19.6 Å². The molecule has 0 aromatic rings. The van der Waals surface area contributed by atoms with Gasteiger partial charge in [-0.1, -0.05) is 6.92 Å². The fraction of sp³-hybridized carbons (Fsp3) is 0.857. The summed E-state index contributed by atoms with van der Waals surface area (Å²) in [5.41, 5.74) is 5.34. The summed E-state index contributed by atoms with van der Waals surface area (Å²) >= 11 is 0. The fourth-order valence-corrected chi connectivity index (χ4v) is 3.37. The Kier molecular flexibility index (Phi) is 4.99. The monoisotopic (exact) mass is 283 g/mol. The van der Waals surface area contributed by atoms with Crippen LogP contribution in [0.25, 0.3) is 0 Å². The second kappa shape index (κ2) is 6.54. The van der Waals surface area contributed by atoms with E-state index in [1.54, 1.807) is 4.90 Å². The number of carbonyl (C=O) groups is 2. The molecule has 114 valence electrons. The number of aliphatic hydroxyl groups excluding tert-OH is 1. The summed E-state index contributed by atoms with van der Waals surface area (Å²) < 4.78 is 0. The molecule has 2 fully saturated rings. The van der Waals surface area contributed by atoms with Gasteiger partial charge < -0.3 is 15.7 Å². The average Bonchev–Trinajstić information content (AvgIpc) is 2.79. The average molecular weight is 283 g/mol. The molecule has 3 N–H and O–H groups in total. The van der Waals surface area contributed by atoms with Gasteiger partial charge in [0.15, 0.2) is 0 Å². The molecule has 2 aliphatic rings. The summed E-state index contributed by atoms with van der Waals surface area (Å²) in [4.78, 5) is 27.5. The number of primary amides is 1. The Morgan fingerprint density at radius 3 is 2.75 bits per heavy atom. The fourth-order valence-electron chi connectivity index (χ4n) is 3.37. The number of β-amino-alcohol motifs (C(OH)–C–C–N with tert-alkyl or cyclic N) is 1. The molecule has 0 unspecified atom stereocenters. The van der Waals surface area contributed by atoms with Crippen molar-refractivity contribution in [2.45, 2.75) is 57.2 Å². The predicted molar refractivity (Wildman–Crippen MR) is 74.8 cm³/mol. The smallest absolute Gasteiger partial charge is 0.237 e. The molecule has 3 atom stereocenters. The molecule has 2 heterocycles. The minimum absolute atomic E-state index is 0.0527. The van der Waals surface area contributed by atoms with Gasteiger partial charge in [-0.15, -0.1) is 0 Å². The summed E-state index contributed by atoms with van der Waals surface area (Å²) in [5, 5.41) is 9.67. The third-order valence-corrected chi connectivity index (χ3v) is 4.47. The minimum atomic E-state index is -0.566. The molecule has 0 aromatic heterocycles. The van der Waals surface area contributed by atoms with Gasteiger partial charge in [0.2, 0.25) is 11.8 Å². The predicted octanol–water partition coefficient (Wildman–Crippen LogP) is -0.302. The Bertz CT molecular complexity index is 375. The van der Waals surface area contributed by atoms with E-state index in [-0.39, 0.29) is 12.5 Å². The zero-order valence-electron chi connectivity index (χ0n) is 12.1. The minimum Gasteiger partial charge on any atom is -0.392 e. The van der Waals surface area contributed by atoms with Crippen molar-refractivity contribution in [3.05, 3.63) is 0 Å². The van der Waals surface area contributed by atoms with E-state index in [4.69, 9.17) is 5.73 Å². The first-order valence-electron chi connectivity index (χ1n) is 7.53. The lowest BCUT2D eigenvalue weighted by atomic mass is 10.00. The summed E-state index contributed by atoms with van der Waals surface area (Å²) in [6, 6.07) is -0.199. The first-order valence-corrected chi connectivity index (χ1v) is 7.53. The number of nitrogens with zero attached hydrogens (tertiary/aromatic N) is 2. The number of likely N-dealkylation sites (tertiary alicyclic amines) is 2. The number of hydrogen-bond acceptors (Lipinski definition) is 4. The number of rotatable bonds is 4. The zero-order valence-corrected chi connectivity index (χ0v) is 12.1. The maximum atomic E-state index is 12.4. The Labute approximate surface area is 119 Å². The van der Waals surface area contributed by atoms with E-state index in [0.29, 0.717) is 19.0 Å². The van der Waals surface area contributed by atoms with Gasteiger partial charge >= 0.3 is 0 Å². The number of hydrogen-bond donors (Lipinski definition) is 2. The third kappa shape index (κ3) is 3.30. The molecule has 6 heteroatoms. The van der Waals surface area contributed by atoms with Gasteiger partial charge in [-0.3, -0.25) is 14.5 Å². The molecule has 20 heavy (non-hydrogen) atoms. The van der Waals surface area contributed by atoms with Crippen LogP contribution in [0.5, 0.6) is 0 Å². The van der Waals surface area contributed by atoms with E-state index in [1.807, 2.05) is 4.90 Å². The molecular formula is C14H25N3O3. The molecule has 0 bridgehead atoms. The Morgan fingerprint density at radius 2 is 2.10 bits per heavy atom. The molecule has 2 amide bonds. The van der Waals surface area contributed by atoms with Crippen LogP contribution in [0.15, 0.2) is 0 Å². The van der Waals surface area contributed by atoms with Crippen LogP contribution in [0, 0.1) is 0 Å². The van der Waals surface area contributed by atoms with Gasteiger partial charge in [0.05, 0.1) is 18.7 Å². The van der Waals surface area contributed by atoms with Crippen molar-refractivity contribution in [1.29, 1.82) is 0 Å². The van der Waals surface area contributed by atoms with Crippen LogP contribution in [-0.4, -0.2) is 64.5 Å². The number of carbonyl (C=O) groups excluding carboxylic acids is 2. The number of aliphatic hydroxyl groups is 1. The van der Waals surface area contributed by atoms with E-state index in [1.165, 1.54) is 6.42 Å². The van der Waals surface area contributed by atoms with Crippen molar-refractivity contribution in [2.24, 2.45) is 5.73 Å². The molecule has 2 saturated heterocycles. The first-order chi connectivity index (χ1) is 9.52. The van der Waals surface area contributed by atoms with Gasteiger partial charge in [-0.2, -0.15) is 0 Å². The van der Waals surface area contributed by atoms with E-state index in [2.05, 4.69) is 6.92 Å². The molecule has 0 spiro atoms. The van der Waals surface area contributed by atoms with Crippen LogP contribution in [-0.2, 0) is 9.59 Å². The van der Waals surface area contributed by atoms with Crippen molar-refractivity contribution in [3.63, 3.8) is 0 Å². The lowest BCUT2D eigenvalue weighted by Gasteiger charge is -2.36. The highest BCUT2D eigenvalue weighted by molar-refractivity contribution is 5.83. The van der Waals surface area contributed by atoms with Gasteiger partial charge in [-0.05, 0) is 32.1 Å². The van der Waals surface area contributed by atoms with Crippen LogP contribution in [0.2, 0.25) is 0 Å². The summed E-state index contributed by atoms with van der Waals surface area (Å²) in [5.74, 6) is -0.406. The highest BCUT2D eigenvalue weighted by Crippen LogP contribution is 2.22. The summed E-state index contributed by atoms with van der Waals surface area (Å²) in [6.07, 6.45) is 4.01. The maximum Gasteiger partial charge on any atom is 0.237 e. The lowest BCUT2D eigenvalue weighted by Crippen LogP contribution is -2.50. The number of nitrogens with two attached hydrogens (primary N) is 1. The Morgan fingerprint density at radius 1 is 1.35 bits per heavy atom. The van der Waals surface area contributed by atoms with Gasteiger partial charge in [0.25, 0.3) is 0 Å². The summed E-state index contributed by atoms with van der Waals surface area (Å²) in [6.45, 7) is 3.43. The maximum absolute atomic E-state index is 12.4. The topological polar surface area (TPSA) is 86.9 Å². The van der Waals surface area contributed by atoms with E-state index in [9.17, 15) is 14.7 Å². The first kappa shape index (κ1) is 15.3. The van der Waals surface area contributed by atoms with Crippen molar-refractivity contribution < 1.29 is 14.7 Å². The zero-order chi connectivity index (χ0) is 14.7. The van der Waals surface area contributed by atoms with Crippen molar-refractivity contribution in [3.8, 4) is 0 Å². The lowest BCUT2D eigenvalue weighted by molar-refractivity contribution is -0.137. The van der Waals surface area contributed by atoms with Gasteiger partial charge in [0.1, 0.15) is 0 Å². The molecular weight excluding hydrogens is 258 g/mol. The molecule has 0 radical (unpaired) electrons. The van der Waals surface area contributed by atoms with E-state index >= 15 is 0 Å². The van der Waals surface area contributed by atoms with Gasteiger partial charge in [0, 0.05) is 19.1 Å². The molecule has 6 nitrogen and oxygen atoms in total. The van der Waals surface area contributed by atoms with Crippen LogP contribution in [0.4, 0.5) is 0 Å². The Balaban J connectivity index is 1.97. The normalized spacial score (nSPS) is 31.5. The standard InChI is InChI=1S/C14H25N3O3/c1-2-10-5-3-4-6-17(10)13(19)9-16-8-11(18)7-12(16)14(15)20/h10-12,18H,2-9H2,1H3,(H2,15,20)/t10-,11+,12+/m1/s1. The third-order valence-electron chi connectivity index (χ3n) is 4.47. The highest BCUT2D eigenvalue weighted by atomic mass is 16.3. The summed E-state index contributed by atoms with van der Waals surface area (Å²) in [7, 11) is 0. The van der Waals surface area contributed by atoms with Crippen LogP contribution < -0.4 is 5.73 Å². The second-order valence-corrected chi connectivity index (χ2v) is 5.88. The molecule has 0 aliphatic carbocycles. The Hall–Kier alpha value is -1.14.